The SMILES string of the molecule is NNc1cccnc1S(=O)(=O)NC1CCCCCC1O. The number of aliphatic hydroxyl groups is 1. The Kier molecular flexibility index (Phi) is 4.92. The standard InChI is InChI=1S/C12H20N4O3S/c13-15-10-6-4-8-14-12(10)20(18,19)16-9-5-2-1-3-7-11(9)17/h4,6,8-9,11,15-17H,1-3,5,7,13H2. The summed E-state index contributed by atoms with van der Waals surface area (Å²) in [4.78, 5) is 3.86. The number of nitrogens with one attached hydrogen (secondary N) is 2. The summed E-state index contributed by atoms with van der Waals surface area (Å²) >= 11 is 0. The summed E-state index contributed by atoms with van der Waals surface area (Å²) in [5.74, 6) is 5.30. The zero-order valence-corrected chi connectivity index (χ0v) is 11.9. The Labute approximate surface area is 118 Å². The van der Waals surface area contributed by atoms with Gasteiger partial charge >= 0.3 is 0 Å². The Morgan fingerprint density at radius 1 is 1.30 bits per heavy atom. The molecule has 2 unspecified atom stereocenters. The van der Waals surface area contributed by atoms with Crippen molar-refractivity contribution in [2.24, 2.45) is 5.84 Å². The van der Waals surface area contributed by atoms with Gasteiger partial charge in [0.1, 0.15) is 0 Å². The molecule has 0 bridgehead atoms. The van der Waals surface area contributed by atoms with E-state index in [4.69, 9.17) is 5.84 Å². The Bertz CT molecular complexity index is 549. The van der Waals surface area contributed by atoms with Gasteiger partial charge in [0.15, 0.2) is 5.03 Å². The number of sulfonamides is 1. The maximum absolute atomic E-state index is 12.4. The van der Waals surface area contributed by atoms with Gasteiger partial charge in [-0.2, -0.15) is 0 Å². The molecule has 0 spiro atoms. The molecule has 1 aromatic rings. The van der Waals surface area contributed by atoms with Crippen LogP contribution >= 0.6 is 0 Å². The zero-order valence-electron chi connectivity index (χ0n) is 11.1. The topological polar surface area (TPSA) is 117 Å². The predicted octanol–water partition coefficient (Wildman–Crippen LogP) is 0.339. The summed E-state index contributed by atoms with van der Waals surface area (Å²) < 4.78 is 27.3. The van der Waals surface area contributed by atoms with Crippen molar-refractivity contribution in [2.75, 3.05) is 5.43 Å². The van der Waals surface area contributed by atoms with E-state index in [9.17, 15) is 13.5 Å². The molecular formula is C12H20N4O3S. The number of aliphatic hydroxyl groups excluding tert-OH is 1. The van der Waals surface area contributed by atoms with Gasteiger partial charge in [0.05, 0.1) is 11.8 Å². The van der Waals surface area contributed by atoms with Crippen molar-refractivity contribution in [2.45, 2.75) is 49.3 Å². The van der Waals surface area contributed by atoms with Gasteiger partial charge in [0.25, 0.3) is 10.0 Å². The summed E-state index contributed by atoms with van der Waals surface area (Å²) in [7, 11) is -3.82. The number of nitrogen functional groups attached to an aromatic ring is 1. The van der Waals surface area contributed by atoms with Crippen molar-refractivity contribution in [1.29, 1.82) is 0 Å². The van der Waals surface area contributed by atoms with Crippen molar-refractivity contribution in [3.8, 4) is 0 Å². The van der Waals surface area contributed by atoms with Gasteiger partial charge in [-0.1, -0.05) is 19.3 Å². The number of aromatic nitrogens is 1. The fourth-order valence-electron chi connectivity index (χ4n) is 2.40. The summed E-state index contributed by atoms with van der Waals surface area (Å²) in [6.45, 7) is 0. The lowest BCUT2D eigenvalue weighted by Crippen LogP contribution is -2.43. The minimum Gasteiger partial charge on any atom is -0.391 e. The quantitative estimate of drug-likeness (QED) is 0.362. The second-order valence-electron chi connectivity index (χ2n) is 4.93. The second-order valence-corrected chi connectivity index (χ2v) is 6.56. The number of nitrogens with two attached hydrogens (primary N) is 1. The second kappa shape index (κ2) is 6.49. The normalized spacial score (nSPS) is 24.1. The first kappa shape index (κ1) is 15.2. The first-order chi connectivity index (χ1) is 9.54. The van der Waals surface area contributed by atoms with Gasteiger partial charge in [-0.3, -0.25) is 5.84 Å². The average molecular weight is 300 g/mol. The fraction of sp³-hybridized carbons (Fsp3) is 0.583. The van der Waals surface area contributed by atoms with Gasteiger partial charge in [-0.15, -0.1) is 0 Å². The third kappa shape index (κ3) is 3.45. The van der Waals surface area contributed by atoms with E-state index in [0.717, 1.165) is 19.3 Å². The smallest absolute Gasteiger partial charge is 0.260 e. The van der Waals surface area contributed by atoms with Crippen LogP contribution in [0, 0.1) is 0 Å². The molecule has 7 nitrogen and oxygen atoms in total. The molecule has 0 aliphatic heterocycles. The molecule has 2 atom stereocenters. The van der Waals surface area contributed by atoms with Gasteiger partial charge in [0.2, 0.25) is 0 Å². The molecule has 1 aliphatic rings. The summed E-state index contributed by atoms with van der Waals surface area (Å²) in [5.41, 5.74) is 2.54. The molecule has 8 heteroatoms. The largest absolute Gasteiger partial charge is 0.391 e. The van der Waals surface area contributed by atoms with E-state index in [0.29, 0.717) is 12.8 Å². The molecule has 1 heterocycles. The number of pyridine rings is 1. The number of anilines is 1. The lowest BCUT2D eigenvalue weighted by molar-refractivity contribution is 0.130. The summed E-state index contributed by atoms with van der Waals surface area (Å²) in [6, 6.07) is 2.65. The van der Waals surface area contributed by atoms with Crippen LogP contribution in [0.4, 0.5) is 5.69 Å². The van der Waals surface area contributed by atoms with Crippen LogP contribution in [0.1, 0.15) is 32.1 Å². The third-order valence-corrected chi connectivity index (χ3v) is 4.91. The van der Waals surface area contributed by atoms with Gasteiger partial charge in [0, 0.05) is 12.2 Å². The van der Waals surface area contributed by atoms with Crippen LogP contribution in [0.25, 0.3) is 0 Å². The van der Waals surface area contributed by atoms with Crippen LogP contribution in [0.5, 0.6) is 0 Å². The van der Waals surface area contributed by atoms with E-state index < -0.39 is 22.2 Å². The lowest BCUT2D eigenvalue weighted by Gasteiger charge is -2.21. The number of hydrogen-bond acceptors (Lipinski definition) is 6. The molecule has 1 saturated carbocycles. The molecule has 5 N–H and O–H groups in total. The Hall–Kier alpha value is -1.22. The van der Waals surface area contributed by atoms with Crippen molar-refractivity contribution < 1.29 is 13.5 Å². The minimum atomic E-state index is -3.82. The molecular weight excluding hydrogens is 280 g/mol. The number of nitrogens with zero attached hydrogens (tertiary/aromatic N) is 1. The van der Waals surface area contributed by atoms with Crippen LogP contribution in [-0.4, -0.2) is 30.7 Å². The molecule has 1 aromatic heterocycles. The summed E-state index contributed by atoms with van der Waals surface area (Å²) in [5, 5.41) is 9.84. The van der Waals surface area contributed by atoms with Gasteiger partial charge < -0.3 is 10.5 Å². The van der Waals surface area contributed by atoms with E-state index in [1.54, 1.807) is 6.07 Å². The lowest BCUT2D eigenvalue weighted by atomic mass is 10.1. The van der Waals surface area contributed by atoms with E-state index in [1.807, 2.05) is 0 Å². The summed E-state index contributed by atoms with van der Waals surface area (Å²) in [6.07, 6.45) is 4.78. The zero-order chi connectivity index (χ0) is 14.6. The Morgan fingerprint density at radius 3 is 2.80 bits per heavy atom. The predicted molar refractivity (Wildman–Crippen MR) is 75.2 cm³/mol. The van der Waals surface area contributed by atoms with E-state index in [1.165, 1.54) is 12.3 Å². The first-order valence-electron chi connectivity index (χ1n) is 6.66. The minimum absolute atomic E-state index is 0.154. The highest BCUT2D eigenvalue weighted by molar-refractivity contribution is 7.89. The monoisotopic (exact) mass is 300 g/mol. The third-order valence-electron chi connectivity index (χ3n) is 3.47. The first-order valence-corrected chi connectivity index (χ1v) is 8.15. The molecule has 0 amide bonds. The molecule has 0 aromatic carbocycles. The van der Waals surface area contributed by atoms with Crippen molar-refractivity contribution >= 4 is 15.7 Å². The maximum atomic E-state index is 12.4. The Morgan fingerprint density at radius 2 is 2.05 bits per heavy atom. The van der Waals surface area contributed by atoms with Crippen molar-refractivity contribution in [3.05, 3.63) is 18.3 Å². The van der Waals surface area contributed by atoms with Gasteiger partial charge in [-0.05, 0) is 25.0 Å². The highest BCUT2D eigenvalue weighted by atomic mass is 32.2. The highest BCUT2D eigenvalue weighted by Gasteiger charge is 2.29. The number of hydrazine groups is 1. The highest BCUT2D eigenvalue weighted by Crippen LogP contribution is 2.22. The van der Waals surface area contributed by atoms with Crippen molar-refractivity contribution in [3.63, 3.8) is 0 Å². The molecule has 0 saturated heterocycles. The van der Waals surface area contributed by atoms with Crippen LogP contribution in [-0.2, 0) is 10.0 Å². The molecule has 20 heavy (non-hydrogen) atoms. The van der Waals surface area contributed by atoms with Crippen LogP contribution in [0.2, 0.25) is 0 Å². The van der Waals surface area contributed by atoms with Gasteiger partial charge in [-0.25, -0.2) is 18.1 Å². The number of hydrogen-bond donors (Lipinski definition) is 4. The van der Waals surface area contributed by atoms with Crippen LogP contribution < -0.4 is 16.0 Å². The van der Waals surface area contributed by atoms with Crippen LogP contribution in [0.3, 0.4) is 0 Å². The van der Waals surface area contributed by atoms with E-state index >= 15 is 0 Å². The van der Waals surface area contributed by atoms with E-state index in [2.05, 4.69) is 15.1 Å². The average Bonchev–Trinajstić information content (AvgIpc) is 2.64. The Balaban J connectivity index is 2.22. The molecule has 112 valence electrons. The fourth-order valence-corrected chi connectivity index (χ4v) is 3.80. The maximum Gasteiger partial charge on any atom is 0.260 e. The van der Waals surface area contributed by atoms with E-state index in [-0.39, 0.29) is 10.7 Å². The molecule has 0 radical (unpaired) electrons. The van der Waals surface area contributed by atoms with Crippen molar-refractivity contribution in [1.82, 2.24) is 9.71 Å². The number of rotatable bonds is 4. The molecule has 1 aliphatic carbocycles. The van der Waals surface area contributed by atoms with Crippen LogP contribution in [0.15, 0.2) is 23.4 Å². The molecule has 2 rings (SSSR count). The molecule has 1 fully saturated rings.